The van der Waals surface area contributed by atoms with E-state index in [1.165, 1.54) is 11.3 Å². The van der Waals surface area contributed by atoms with E-state index in [-0.39, 0.29) is 16.9 Å². The van der Waals surface area contributed by atoms with Crippen LogP contribution in [0.3, 0.4) is 0 Å². The monoisotopic (exact) mass is 331 g/mol. The number of nitrogens with zero attached hydrogens (tertiary/aromatic N) is 2. The van der Waals surface area contributed by atoms with Crippen molar-refractivity contribution in [3.8, 4) is 10.6 Å². The number of hydrogen-bond acceptors (Lipinski definition) is 4. The number of hydrogen-bond donors (Lipinski definition) is 1. The SMILES string of the molecule is Cc1nc(-c2cccnc2)sc1C(=O)NC(C)(C)CC(C)(C)C. The van der Waals surface area contributed by atoms with Gasteiger partial charge in [-0.3, -0.25) is 9.78 Å². The van der Waals surface area contributed by atoms with Gasteiger partial charge in [-0.05, 0) is 44.7 Å². The third-order valence-electron chi connectivity index (χ3n) is 3.34. The molecule has 2 rings (SSSR count). The largest absolute Gasteiger partial charge is 0.346 e. The smallest absolute Gasteiger partial charge is 0.263 e. The molecule has 1 amide bonds. The Labute approximate surface area is 142 Å². The molecule has 0 saturated heterocycles. The Kier molecular flexibility index (Phi) is 4.90. The summed E-state index contributed by atoms with van der Waals surface area (Å²) in [5, 5.41) is 3.98. The molecule has 1 N–H and O–H groups in total. The van der Waals surface area contributed by atoms with Gasteiger partial charge < -0.3 is 5.32 Å². The third-order valence-corrected chi connectivity index (χ3v) is 4.54. The zero-order valence-electron chi connectivity index (χ0n) is 14.7. The van der Waals surface area contributed by atoms with Crippen molar-refractivity contribution in [2.24, 2.45) is 5.41 Å². The summed E-state index contributed by atoms with van der Waals surface area (Å²) < 4.78 is 0. The van der Waals surface area contributed by atoms with Gasteiger partial charge >= 0.3 is 0 Å². The normalized spacial score (nSPS) is 12.3. The maximum absolute atomic E-state index is 12.7. The van der Waals surface area contributed by atoms with Crippen LogP contribution in [-0.2, 0) is 0 Å². The summed E-state index contributed by atoms with van der Waals surface area (Å²) in [7, 11) is 0. The molecule has 0 atom stereocenters. The number of carbonyl (C=O) groups excluding carboxylic acids is 1. The standard InChI is InChI=1S/C18H25N3OS/c1-12-14(15(22)21-18(5,6)11-17(2,3)4)23-16(20-12)13-8-7-9-19-10-13/h7-10H,11H2,1-6H3,(H,21,22). The van der Waals surface area contributed by atoms with Crippen molar-refractivity contribution in [1.29, 1.82) is 0 Å². The Hall–Kier alpha value is -1.75. The number of nitrogens with one attached hydrogen (secondary N) is 1. The van der Waals surface area contributed by atoms with Gasteiger partial charge in [0.25, 0.3) is 5.91 Å². The molecule has 0 aliphatic rings. The molecular formula is C18H25N3OS. The van der Waals surface area contributed by atoms with Crippen molar-refractivity contribution in [1.82, 2.24) is 15.3 Å². The highest BCUT2D eigenvalue weighted by atomic mass is 32.1. The minimum Gasteiger partial charge on any atom is -0.346 e. The van der Waals surface area contributed by atoms with Gasteiger partial charge in [0.2, 0.25) is 0 Å². The number of aryl methyl sites for hydroxylation is 1. The lowest BCUT2D eigenvalue weighted by molar-refractivity contribution is 0.0895. The van der Waals surface area contributed by atoms with Crippen LogP contribution in [0, 0.1) is 12.3 Å². The van der Waals surface area contributed by atoms with Crippen molar-refractivity contribution >= 4 is 17.2 Å². The third kappa shape index (κ3) is 4.86. The first-order valence-corrected chi connectivity index (χ1v) is 8.59. The first kappa shape index (κ1) is 17.6. The van der Waals surface area contributed by atoms with Crippen molar-refractivity contribution in [2.45, 2.75) is 53.5 Å². The van der Waals surface area contributed by atoms with Gasteiger partial charge in [-0.25, -0.2) is 4.98 Å². The van der Waals surface area contributed by atoms with Gasteiger partial charge in [0, 0.05) is 23.5 Å². The second-order valence-corrected chi connectivity index (χ2v) is 8.75. The molecule has 2 heterocycles. The molecule has 2 aromatic heterocycles. The first-order valence-electron chi connectivity index (χ1n) is 7.78. The molecule has 0 unspecified atom stereocenters. The highest BCUT2D eigenvalue weighted by Crippen LogP contribution is 2.30. The van der Waals surface area contributed by atoms with Gasteiger partial charge in [-0.1, -0.05) is 20.8 Å². The Morgan fingerprint density at radius 1 is 1.26 bits per heavy atom. The number of aromatic nitrogens is 2. The number of carbonyl (C=O) groups is 1. The molecule has 4 nitrogen and oxygen atoms in total. The summed E-state index contributed by atoms with van der Waals surface area (Å²) in [6.45, 7) is 12.5. The van der Waals surface area contributed by atoms with Crippen molar-refractivity contribution in [3.05, 3.63) is 35.1 Å². The average molecular weight is 331 g/mol. The van der Waals surface area contributed by atoms with Crippen LogP contribution in [0.5, 0.6) is 0 Å². The number of rotatable bonds is 4. The lowest BCUT2D eigenvalue weighted by Crippen LogP contribution is -2.45. The number of pyridine rings is 1. The zero-order chi connectivity index (χ0) is 17.3. The molecule has 5 heteroatoms. The minimum atomic E-state index is -0.264. The van der Waals surface area contributed by atoms with Crippen LogP contribution >= 0.6 is 11.3 Å². The van der Waals surface area contributed by atoms with Gasteiger partial charge in [-0.15, -0.1) is 11.3 Å². The van der Waals surface area contributed by atoms with E-state index in [1.54, 1.807) is 12.4 Å². The van der Waals surface area contributed by atoms with Gasteiger partial charge in [-0.2, -0.15) is 0 Å². The first-order chi connectivity index (χ1) is 10.6. The lowest BCUT2D eigenvalue weighted by Gasteiger charge is -2.33. The summed E-state index contributed by atoms with van der Waals surface area (Å²) in [6, 6.07) is 3.83. The Morgan fingerprint density at radius 2 is 1.96 bits per heavy atom. The molecular weight excluding hydrogens is 306 g/mol. The van der Waals surface area contributed by atoms with E-state index in [0.29, 0.717) is 4.88 Å². The fourth-order valence-electron chi connectivity index (χ4n) is 2.95. The number of amides is 1. The van der Waals surface area contributed by atoms with E-state index in [1.807, 2.05) is 19.1 Å². The molecule has 0 aliphatic carbocycles. The second kappa shape index (κ2) is 6.40. The van der Waals surface area contributed by atoms with E-state index in [9.17, 15) is 4.79 Å². The van der Waals surface area contributed by atoms with E-state index in [0.717, 1.165) is 22.7 Å². The molecule has 2 aromatic rings. The van der Waals surface area contributed by atoms with E-state index in [2.05, 4.69) is 49.9 Å². The maximum atomic E-state index is 12.7. The van der Waals surface area contributed by atoms with E-state index < -0.39 is 0 Å². The van der Waals surface area contributed by atoms with Gasteiger partial charge in [0.1, 0.15) is 9.88 Å². The predicted octanol–water partition coefficient (Wildman–Crippen LogP) is 4.46. The molecule has 0 saturated carbocycles. The van der Waals surface area contributed by atoms with Crippen molar-refractivity contribution in [3.63, 3.8) is 0 Å². The molecule has 0 bridgehead atoms. The summed E-state index contributed by atoms with van der Waals surface area (Å²) in [6.07, 6.45) is 4.40. The lowest BCUT2D eigenvalue weighted by atomic mass is 9.82. The molecule has 0 radical (unpaired) electrons. The summed E-state index contributed by atoms with van der Waals surface area (Å²) in [5.74, 6) is -0.0515. The molecule has 0 aromatic carbocycles. The van der Waals surface area contributed by atoms with E-state index in [4.69, 9.17) is 0 Å². The van der Waals surface area contributed by atoms with Crippen LogP contribution in [0.15, 0.2) is 24.5 Å². The number of thiazole rings is 1. The minimum absolute atomic E-state index is 0.0515. The molecule has 124 valence electrons. The summed E-state index contributed by atoms with van der Waals surface area (Å²) in [4.78, 5) is 22.0. The Bertz CT molecular complexity index is 684. The fraction of sp³-hybridized carbons (Fsp3) is 0.500. The molecule has 23 heavy (non-hydrogen) atoms. The van der Waals surface area contributed by atoms with Crippen LogP contribution in [0.25, 0.3) is 10.6 Å². The summed E-state index contributed by atoms with van der Waals surface area (Å²) in [5.41, 5.74) is 1.59. The molecule has 0 fully saturated rings. The highest BCUT2D eigenvalue weighted by molar-refractivity contribution is 7.17. The van der Waals surface area contributed by atoms with Gasteiger partial charge in [0.15, 0.2) is 0 Å². The topological polar surface area (TPSA) is 54.9 Å². The van der Waals surface area contributed by atoms with Crippen LogP contribution < -0.4 is 5.32 Å². The molecule has 0 aliphatic heterocycles. The Balaban J connectivity index is 2.19. The van der Waals surface area contributed by atoms with Crippen LogP contribution in [0.4, 0.5) is 0 Å². The van der Waals surface area contributed by atoms with Crippen LogP contribution in [0.2, 0.25) is 0 Å². The predicted molar refractivity (Wildman–Crippen MR) is 95.7 cm³/mol. The Morgan fingerprint density at radius 3 is 2.52 bits per heavy atom. The highest BCUT2D eigenvalue weighted by Gasteiger charge is 2.28. The molecule has 0 spiro atoms. The van der Waals surface area contributed by atoms with Crippen molar-refractivity contribution in [2.75, 3.05) is 0 Å². The van der Waals surface area contributed by atoms with Gasteiger partial charge in [0.05, 0.1) is 5.69 Å². The summed E-state index contributed by atoms with van der Waals surface area (Å²) >= 11 is 1.42. The van der Waals surface area contributed by atoms with Crippen LogP contribution in [-0.4, -0.2) is 21.4 Å². The second-order valence-electron chi connectivity index (χ2n) is 7.75. The quantitative estimate of drug-likeness (QED) is 0.900. The average Bonchev–Trinajstić information content (AvgIpc) is 2.78. The maximum Gasteiger partial charge on any atom is 0.263 e. The van der Waals surface area contributed by atoms with E-state index >= 15 is 0 Å². The van der Waals surface area contributed by atoms with Crippen molar-refractivity contribution < 1.29 is 4.79 Å². The fourth-order valence-corrected chi connectivity index (χ4v) is 3.91. The van der Waals surface area contributed by atoms with Crippen LogP contribution in [0.1, 0.15) is 56.4 Å². The zero-order valence-corrected chi connectivity index (χ0v) is 15.5.